The van der Waals surface area contributed by atoms with Crippen molar-refractivity contribution in [1.29, 1.82) is 0 Å². The molecule has 6 heteroatoms. The van der Waals surface area contributed by atoms with Crippen molar-refractivity contribution in [3.8, 4) is 16.8 Å². The van der Waals surface area contributed by atoms with Gasteiger partial charge < -0.3 is 23.2 Å². The largest absolute Gasteiger partial charge is 0.468 e. The third-order valence-electron chi connectivity index (χ3n) is 16.2. The SMILES string of the molecule is CC(C)(C)c1cc2c3c(c1)N1c4c(cc(C(C)(C)C)cc4-n4c5ccc(C(C)(C)C)cc5c5cc(C(C)(C)C)cc1c54)B3c1oc3ccc(-c4ccccc4)cc3c1N2c1ccc2c(c1)oc1ccccc12. The first-order chi connectivity index (χ1) is 34.2. The van der Waals surface area contributed by atoms with Crippen LogP contribution in [0.1, 0.15) is 105 Å². The van der Waals surface area contributed by atoms with Gasteiger partial charge in [0.1, 0.15) is 16.7 Å². The molecule has 0 amide bonds. The number of nitrogens with zero attached hydrogens (tertiary/aromatic N) is 3. The first kappa shape index (κ1) is 43.4. The molecule has 0 saturated carbocycles. The number of furan rings is 2. The van der Waals surface area contributed by atoms with Crippen molar-refractivity contribution in [3.63, 3.8) is 0 Å². The highest BCUT2D eigenvalue weighted by atomic mass is 16.3. The van der Waals surface area contributed by atoms with Crippen molar-refractivity contribution in [1.82, 2.24) is 4.57 Å². The number of hydrogen-bond acceptors (Lipinski definition) is 4. The van der Waals surface area contributed by atoms with E-state index in [1.54, 1.807) is 0 Å². The Morgan fingerprint density at radius 2 is 1.00 bits per heavy atom. The van der Waals surface area contributed by atoms with Gasteiger partial charge in [0.25, 0.3) is 6.71 Å². The predicted octanol–water partition coefficient (Wildman–Crippen LogP) is 16.7. The fourth-order valence-corrected chi connectivity index (χ4v) is 12.3. The average Bonchev–Trinajstić information content (AvgIpc) is 4.01. The maximum Gasteiger partial charge on any atom is 0.297 e. The third kappa shape index (κ3) is 6.01. The second-order valence-corrected chi connectivity index (χ2v) is 25.1. The molecule has 14 rings (SSSR count). The second kappa shape index (κ2) is 14.2. The average molecular weight is 938 g/mol. The molecule has 0 atom stereocenters. The Hall–Kier alpha value is -7.44. The van der Waals surface area contributed by atoms with Crippen molar-refractivity contribution < 1.29 is 8.83 Å². The van der Waals surface area contributed by atoms with E-state index < -0.39 is 0 Å². The van der Waals surface area contributed by atoms with Crippen LogP contribution < -0.4 is 26.4 Å². The highest BCUT2D eigenvalue weighted by Crippen LogP contribution is 2.56. The zero-order chi connectivity index (χ0) is 49.7. The van der Waals surface area contributed by atoms with Crippen LogP contribution in [-0.2, 0) is 21.7 Å². The van der Waals surface area contributed by atoms with E-state index in [9.17, 15) is 0 Å². The lowest BCUT2D eigenvalue weighted by atomic mass is 9.35. The van der Waals surface area contributed by atoms with Gasteiger partial charge in [-0.15, -0.1) is 0 Å². The standard InChI is InChI=1S/C66H60BN3O2/c1-63(2,3)39-23-26-50-46(29-39)47-30-40(64(4,5)6)34-53-59(47)69(50)54-35-41(65(7,8)9)31-49-61(54)70(53)52-33-42(66(10,11)12)32-51-58(52)67(49)62-60(48-28-38(22-27-56(48)72-62)37-18-14-13-15-19-37)68(51)43-24-25-45-44-20-16-17-21-55(44)71-57(45)36-43/h13-36H,1-12H3. The molecule has 0 saturated heterocycles. The summed E-state index contributed by atoms with van der Waals surface area (Å²) in [6.07, 6.45) is 0. The smallest absolute Gasteiger partial charge is 0.297 e. The maximum atomic E-state index is 7.53. The number of anilines is 6. The van der Waals surface area contributed by atoms with Crippen LogP contribution in [0.15, 0.2) is 154 Å². The van der Waals surface area contributed by atoms with E-state index in [0.717, 1.165) is 61.2 Å². The van der Waals surface area contributed by atoms with E-state index in [1.165, 1.54) is 83.3 Å². The van der Waals surface area contributed by atoms with Crippen LogP contribution in [0, 0.1) is 0 Å². The van der Waals surface area contributed by atoms with E-state index in [4.69, 9.17) is 8.83 Å². The predicted molar refractivity (Wildman–Crippen MR) is 306 cm³/mol. The normalized spacial score (nSPS) is 14.3. The van der Waals surface area contributed by atoms with Gasteiger partial charge >= 0.3 is 0 Å². The lowest BCUT2D eigenvalue weighted by Crippen LogP contribution is -2.61. The van der Waals surface area contributed by atoms with Gasteiger partial charge in [-0.3, -0.25) is 0 Å². The van der Waals surface area contributed by atoms with Gasteiger partial charge in [0.2, 0.25) is 0 Å². The lowest BCUT2D eigenvalue weighted by Gasteiger charge is -2.46. The summed E-state index contributed by atoms with van der Waals surface area (Å²) in [6, 6.07) is 55.0. The minimum atomic E-state index is -0.220. The van der Waals surface area contributed by atoms with Crippen molar-refractivity contribution in [2.45, 2.75) is 105 Å². The number of benzene rings is 8. The van der Waals surface area contributed by atoms with E-state index in [2.05, 4.69) is 243 Å². The van der Waals surface area contributed by atoms with E-state index in [-0.39, 0.29) is 28.4 Å². The summed E-state index contributed by atoms with van der Waals surface area (Å²) in [6.45, 7) is 28.0. The molecular formula is C66H60BN3O2. The maximum absolute atomic E-state index is 7.53. The Balaban J connectivity index is 1.16. The first-order valence-electron chi connectivity index (χ1n) is 25.9. The number of aromatic nitrogens is 1. The van der Waals surface area contributed by atoms with Gasteiger partial charge in [-0.05, 0) is 139 Å². The summed E-state index contributed by atoms with van der Waals surface area (Å²) < 4.78 is 16.8. The topological polar surface area (TPSA) is 37.7 Å². The molecular weight excluding hydrogens is 878 g/mol. The molecule has 0 bridgehead atoms. The first-order valence-corrected chi connectivity index (χ1v) is 25.9. The Labute approximate surface area is 422 Å². The molecule has 0 N–H and O–H groups in total. The second-order valence-electron chi connectivity index (χ2n) is 25.1. The highest BCUT2D eigenvalue weighted by Gasteiger charge is 2.50. The summed E-state index contributed by atoms with van der Waals surface area (Å²) >= 11 is 0. The third-order valence-corrected chi connectivity index (χ3v) is 16.2. The van der Waals surface area contributed by atoms with Gasteiger partial charge in [-0.25, -0.2) is 0 Å². The Bertz CT molecular complexity index is 4160. The Kier molecular flexibility index (Phi) is 8.53. The fraction of sp³-hybridized carbons (Fsp3) is 0.242. The summed E-state index contributed by atoms with van der Waals surface area (Å²) in [7, 11) is 0. The monoisotopic (exact) mass is 937 g/mol. The van der Waals surface area contributed by atoms with Gasteiger partial charge in [0.05, 0.1) is 39.4 Å². The number of hydrogen-bond donors (Lipinski definition) is 0. The molecule has 354 valence electrons. The zero-order valence-corrected chi connectivity index (χ0v) is 43.6. The van der Waals surface area contributed by atoms with E-state index in [0.29, 0.717) is 0 Å². The summed E-state index contributed by atoms with van der Waals surface area (Å²) in [5, 5.41) is 5.90. The lowest BCUT2D eigenvalue weighted by molar-refractivity contribution is 0.589. The summed E-state index contributed by atoms with van der Waals surface area (Å²) in [5.74, 6) is 0. The number of para-hydroxylation sites is 1. The number of fused-ring (bicyclic) bond motifs is 14. The molecule has 5 nitrogen and oxygen atoms in total. The summed E-state index contributed by atoms with van der Waals surface area (Å²) in [4.78, 5) is 5.19. The van der Waals surface area contributed by atoms with Crippen LogP contribution >= 0.6 is 0 Å². The molecule has 0 fully saturated rings. The summed E-state index contributed by atoms with van der Waals surface area (Å²) in [5.41, 5.74) is 23.8. The van der Waals surface area contributed by atoms with Crippen molar-refractivity contribution in [2.24, 2.45) is 0 Å². The Morgan fingerprint density at radius 1 is 0.389 bits per heavy atom. The van der Waals surface area contributed by atoms with Crippen molar-refractivity contribution in [2.75, 3.05) is 9.80 Å². The van der Waals surface area contributed by atoms with Crippen LogP contribution in [-0.4, -0.2) is 11.3 Å². The minimum absolute atomic E-state index is 0.0131. The van der Waals surface area contributed by atoms with Crippen LogP contribution in [0.25, 0.3) is 71.5 Å². The molecule has 6 heterocycles. The van der Waals surface area contributed by atoms with Crippen LogP contribution in [0.2, 0.25) is 0 Å². The van der Waals surface area contributed by atoms with Crippen LogP contribution in [0.3, 0.4) is 0 Å². The van der Waals surface area contributed by atoms with Gasteiger partial charge in [-0.2, -0.15) is 0 Å². The highest BCUT2D eigenvalue weighted by molar-refractivity contribution is 7.00. The van der Waals surface area contributed by atoms with Crippen LogP contribution in [0.4, 0.5) is 34.1 Å². The zero-order valence-electron chi connectivity index (χ0n) is 43.6. The van der Waals surface area contributed by atoms with Gasteiger partial charge in [0, 0.05) is 50.1 Å². The molecule has 3 aromatic heterocycles. The van der Waals surface area contributed by atoms with Gasteiger partial charge in [0.15, 0.2) is 0 Å². The molecule has 0 spiro atoms. The molecule has 72 heavy (non-hydrogen) atoms. The van der Waals surface area contributed by atoms with Gasteiger partial charge in [-0.1, -0.05) is 150 Å². The molecule has 0 unspecified atom stereocenters. The Morgan fingerprint density at radius 3 is 1.74 bits per heavy atom. The van der Waals surface area contributed by atoms with E-state index in [1.807, 2.05) is 0 Å². The van der Waals surface area contributed by atoms with Crippen molar-refractivity contribution in [3.05, 3.63) is 168 Å². The van der Waals surface area contributed by atoms with Crippen molar-refractivity contribution >= 4 is 112 Å². The van der Waals surface area contributed by atoms with E-state index >= 15 is 0 Å². The molecule has 0 aliphatic carbocycles. The van der Waals surface area contributed by atoms with Crippen LogP contribution in [0.5, 0.6) is 0 Å². The fourth-order valence-electron chi connectivity index (χ4n) is 12.3. The molecule has 3 aliphatic heterocycles. The molecule has 8 aromatic carbocycles. The minimum Gasteiger partial charge on any atom is -0.468 e. The molecule has 11 aromatic rings. The quantitative estimate of drug-likeness (QED) is 0.162. The molecule has 0 radical (unpaired) electrons. The number of rotatable bonds is 2. The molecule has 3 aliphatic rings.